The highest BCUT2D eigenvalue weighted by molar-refractivity contribution is 6.31. The summed E-state index contributed by atoms with van der Waals surface area (Å²) in [5.74, 6) is 1.35. The summed E-state index contributed by atoms with van der Waals surface area (Å²) in [5, 5.41) is 17.8. The second kappa shape index (κ2) is 6.66. The Labute approximate surface area is 151 Å². The monoisotopic (exact) mass is 357 g/mol. The zero-order chi connectivity index (χ0) is 17.4. The highest BCUT2D eigenvalue weighted by Gasteiger charge is 2.32. The van der Waals surface area contributed by atoms with Crippen LogP contribution in [0.25, 0.3) is 0 Å². The molecule has 2 aliphatic rings. The van der Waals surface area contributed by atoms with Crippen molar-refractivity contribution in [2.24, 2.45) is 5.92 Å². The van der Waals surface area contributed by atoms with Gasteiger partial charge in [0.15, 0.2) is 0 Å². The van der Waals surface area contributed by atoms with E-state index in [1.54, 1.807) is 6.20 Å². The molecular formula is C18H20ClN5O. The van der Waals surface area contributed by atoms with Gasteiger partial charge in [0.1, 0.15) is 18.0 Å². The van der Waals surface area contributed by atoms with Crippen molar-refractivity contribution in [1.82, 2.24) is 14.8 Å². The molecule has 2 aromatic heterocycles. The molecule has 4 rings (SSSR count). The van der Waals surface area contributed by atoms with E-state index in [9.17, 15) is 5.26 Å². The van der Waals surface area contributed by atoms with Gasteiger partial charge in [0.25, 0.3) is 0 Å². The number of ether oxygens (including phenoxy) is 1. The van der Waals surface area contributed by atoms with Crippen molar-refractivity contribution in [2.45, 2.75) is 44.9 Å². The van der Waals surface area contributed by atoms with E-state index in [0.717, 1.165) is 30.0 Å². The third-order valence-electron chi connectivity index (χ3n) is 4.93. The minimum absolute atomic E-state index is 0.0544. The van der Waals surface area contributed by atoms with Gasteiger partial charge in [-0.05, 0) is 37.7 Å². The number of hydrogen-bond acceptors (Lipinski definition) is 5. The highest BCUT2D eigenvalue weighted by atomic mass is 35.5. The van der Waals surface area contributed by atoms with E-state index in [-0.39, 0.29) is 12.1 Å². The Morgan fingerprint density at radius 3 is 3.00 bits per heavy atom. The van der Waals surface area contributed by atoms with Crippen LogP contribution in [-0.4, -0.2) is 27.4 Å². The standard InChI is InChI=1S/C18H20ClN5O/c1-11-14(6-20)18(21-8-15(11)19)23-16-4-5-25-17(16)13-7-22-24(10-13)9-12-2-3-12/h7-8,10,12,16-17H,2-5,9H2,1H3,(H,21,23)/t16-,17+/m0/s1. The lowest BCUT2D eigenvalue weighted by molar-refractivity contribution is 0.107. The molecule has 0 spiro atoms. The summed E-state index contributed by atoms with van der Waals surface area (Å²) >= 11 is 6.08. The number of halogens is 1. The number of nitrogens with one attached hydrogen (secondary N) is 1. The smallest absolute Gasteiger partial charge is 0.144 e. The predicted molar refractivity (Wildman–Crippen MR) is 94.4 cm³/mol. The van der Waals surface area contributed by atoms with Crippen LogP contribution in [0.5, 0.6) is 0 Å². The van der Waals surface area contributed by atoms with Crippen LogP contribution in [0.2, 0.25) is 5.02 Å². The van der Waals surface area contributed by atoms with Crippen LogP contribution in [0.1, 0.15) is 42.1 Å². The third-order valence-corrected chi connectivity index (χ3v) is 5.31. The van der Waals surface area contributed by atoms with Gasteiger partial charge in [-0.15, -0.1) is 0 Å². The van der Waals surface area contributed by atoms with E-state index in [4.69, 9.17) is 16.3 Å². The Kier molecular flexibility index (Phi) is 4.36. The zero-order valence-electron chi connectivity index (χ0n) is 14.1. The number of anilines is 1. The number of nitrogens with zero attached hydrogens (tertiary/aromatic N) is 4. The van der Waals surface area contributed by atoms with Gasteiger partial charge < -0.3 is 10.1 Å². The Bertz CT molecular complexity index is 823. The van der Waals surface area contributed by atoms with Gasteiger partial charge in [0, 0.05) is 31.1 Å². The maximum absolute atomic E-state index is 9.44. The van der Waals surface area contributed by atoms with Crippen LogP contribution >= 0.6 is 11.6 Å². The lowest BCUT2D eigenvalue weighted by atomic mass is 10.0. The summed E-state index contributed by atoms with van der Waals surface area (Å²) in [6.07, 6.45) is 8.92. The second-order valence-corrected chi connectivity index (χ2v) is 7.24. The number of aromatic nitrogens is 3. The van der Waals surface area contributed by atoms with Crippen molar-refractivity contribution < 1.29 is 4.74 Å². The highest BCUT2D eigenvalue weighted by Crippen LogP contribution is 2.34. The predicted octanol–water partition coefficient (Wildman–Crippen LogP) is 3.46. The van der Waals surface area contributed by atoms with Crippen LogP contribution in [0.4, 0.5) is 5.82 Å². The van der Waals surface area contributed by atoms with Gasteiger partial charge >= 0.3 is 0 Å². The van der Waals surface area contributed by atoms with Gasteiger partial charge in [-0.1, -0.05) is 11.6 Å². The summed E-state index contributed by atoms with van der Waals surface area (Å²) in [6.45, 7) is 3.49. The molecule has 1 N–H and O–H groups in total. The van der Waals surface area contributed by atoms with E-state index in [1.165, 1.54) is 12.8 Å². The van der Waals surface area contributed by atoms with Crippen LogP contribution in [0.15, 0.2) is 18.6 Å². The molecule has 0 unspecified atom stereocenters. The summed E-state index contributed by atoms with van der Waals surface area (Å²) in [4.78, 5) is 4.31. The molecule has 7 heteroatoms. The van der Waals surface area contributed by atoms with E-state index in [2.05, 4.69) is 27.7 Å². The first kappa shape index (κ1) is 16.4. The number of hydrogen-bond donors (Lipinski definition) is 1. The van der Waals surface area contributed by atoms with Crippen LogP contribution < -0.4 is 5.32 Å². The first-order valence-corrected chi connectivity index (χ1v) is 8.99. The molecule has 1 aliphatic heterocycles. The molecule has 2 fully saturated rings. The molecule has 25 heavy (non-hydrogen) atoms. The van der Waals surface area contributed by atoms with Gasteiger partial charge in [0.05, 0.1) is 22.8 Å². The molecular weight excluding hydrogens is 338 g/mol. The molecule has 0 radical (unpaired) electrons. The molecule has 6 nitrogen and oxygen atoms in total. The minimum Gasteiger partial charge on any atom is -0.371 e. The largest absolute Gasteiger partial charge is 0.371 e. The van der Waals surface area contributed by atoms with Crippen LogP contribution in [0.3, 0.4) is 0 Å². The Balaban J connectivity index is 1.53. The van der Waals surface area contributed by atoms with Crippen molar-refractivity contribution >= 4 is 17.4 Å². The molecule has 1 saturated carbocycles. The van der Waals surface area contributed by atoms with Crippen LogP contribution in [0, 0.1) is 24.2 Å². The lowest BCUT2D eigenvalue weighted by Crippen LogP contribution is -2.24. The first-order valence-electron chi connectivity index (χ1n) is 8.61. The minimum atomic E-state index is -0.0859. The topological polar surface area (TPSA) is 75.8 Å². The summed E-state index contributed by atoms with van der Waals surface area (Å²) in [7, 11) is 0. The van der Waals surface area contributed by atoms with E-state index < -0.39 is 0 Å². The van der Waals surface area contributed by atoms with Crippen molar-refractivity contribution in [2.75, 3.05) is 11.9 Å². The molecule has 0 bridgehead atoms. The van der Waals surface area contributed by atoms with Crippen molar-refractivity contribution in [3.05, 3.63) is 40.3 Å². The first-order chi connectivity index (χ1) is 12.2. The van der Waals surface area contributed by atoms with Gasteiger partial charge in [-0.3, -0.25) is 4.68 Å². The molecule has 0 aromatic carbocycles. The number of nitriles is 1. The molecule has 130 valence electrons. The molecule has 1 saturated heterocycles. The zero-order valence-corrected chi connectivity index (χ0v) is 14.8. The Hall–Kier alpha value is -2.10. The maximum atomic E-state index is 9.44. The van der Waals surface area contributed by atoms with E-state index >= 15 is 0 Å². The van der Waals surface area contributed by atoms with E-state index in [1.807, 2.05) is 17.8 Å². The van der Waals surface area contributed by atoms with Gasteiger partial charge in [0.2, 0.25) is 0 Å². The van der Waals surface area contributed by atoms with Gasteiger partial charge in [-0.25, -0.2) is 4.98 Å². The van der Waals surface area contributed by atoms with Gasteiger partial charge in [-0.2, -0.15) is 10.4 Å². The quantitative estimate of drug-likeness (QED) is 0.886. The summed E-state index contributed by atoms with van der Waals surface area (Å²) < 4.78 is 7.94. The molecule has 0 amide bonds. The fraction of sp³-hybridized carbons (Fsp3) is 0.500. The van der Waals surface area contributed by atoms with Crippen molar-refractivity contribution in [3.63, 3.8) is 0 Å². The molecule has 1 aliphatic carbocycles. The summed E-state index contributed by atoms with van der Waals surface area (Å²) in [5.41, 5.74) is 2.30. The fourth-order valence-corrected chi connectivity index (χ4v) is 3.40. The average molecular weight is 358 g/mol. The number of pyridine rings is 1. The van der Waals surface area contributed by atoms with Crippen molar-refractivity contribution in [1.29, 1.82) is 5.26 Å². The van der Waals surface area contributed by atoms with Crippen LogP contribution in [-0.2, 0) is 11.3 Å². The normalized spacial score (nSPS) is 22.8. The third kappa shape index (κ3) is 3.35. The van der Waals surface area contributed by atoms with E-state index in [0.29, 0.717) is 23.0 Å². The number of rotatable bonds is 5. The fourth-order valence-electron chi connectivity index (χ4n) is 3.26. The molecule has 3 heterocycles. The Morgan fingerprint density at radius 1 is 1.40 bits per heavy atom. The van der Waals surface area contributed by atoms with Crippen molar-refractivity contribution in [3.8, 4) is 6.07 Å². The Morgan fingerprint density at radius 2 is 2.24 bits per heavy atom. The maximum Gasteiger partial charge on any atom is 0.144 e. The SMILES string of the molecule is Cc1c(Cl)cnc(N[C@H]2CCO[C@@H]2c2cnn(CC3CC3)c2)c1C#N. The molecule has 2 atom stereocenters. The second-order valence-electron chi connectivity index (χ2n) is 6.84. The summed E-state index contributed by atoms with van der Waals surface area (Å²) in [6, 6.07) is 2.25. The molecule has 2 aromatic rings. The lowest BCUT2D eigenvalue weighted by Gasteiger charge is -2.20. The average Bonchev–Trinajstić information content (AvgIpc) is 3.10.